The number of hydrogen-bond donors (Lipinski definition) is 1. The lowest BCUT2D eigenvalue weighted by Gasteiger charge is -2.19. The van der Waals surface area contributed by atoms with Gasteiger partial charge in [-0.3, -0.25) is 4.79 Å². The van der Waals surface area contributed by atoms with E-state index in [0.717, 1.165) is 5.56 Å². The van der Waals surface area contributed by atoms with Crippen LogP contribution >= 0.6 is 0 Å². The molecule has 1 amide bonds. The van der Waals surface area contributed by atoms with Crippen molar-refractivity contribution in [3.8, 4) is 11.4 Å². The van der Waals surface area contributed by atoms with Crippen LogP contribution in [0.3, 0.4) is 0 Å². The maximum absolute atomic E-state index is 12.5. The van der Waals surface area contributed by atoms with Crippen LogP contribution in [-0.2, 0) is 5.41 Å². The highest BCUT2D eigenvalue weighted by molar-refractivity contribution is 5.94. The monoisotopic (exact) mass is 363 g/mol. The zero-order valence-electron chi connectivity index (χ0n) is 16.4. The largest absolute Gasteiger partial charge is 0.341 e. The zero-order valence-corrected chi connectivity index (χ0v) is 16.4. The normalized spacial score (nSPS) is 12.6. The summed E-state index contributed by atoms with van der Waals surface area (Å²) >= 11 is 0. The lowest BCUT2D eigenvalue weighted by atomic mass is 9.86. The Balaban J connectivity index is 1.69. The van der Waals surface area contributed by atoms with E-state index in [0.29, 0.717) is 17.3 Å². The van der Waals surface area contributed by atoms with Crippen LogP contribution in [0.4, 0.5) is 0 Å². The Kier molecular flexibility index (Phi) is 5.13. The second-order valence-corrected chi connectivity index (χ2v) is 7.84. The molecule has 0 spiro atoms. The van der Waals surface area contributed by atoms with Crippen molar-refractivity contribution in [1.29, 1.82) is 0 Å². The smallest absolute Gasteiger partial charge is 0.251 e. The number of nitrogens with zero attached hydrogens (tertiary/aromatic N) is 2. The highest BCUT2D eigenvalue weighted by Crippen LogP contribution is 2.23. The molecule has 3 aromatic rings. The molecule has 2 aromatic carbocycles. The van der Waals surface area contributed by atoms with E-state index in [-0.39, 0.29) is 17.4 Å². The summed E-state index contributed by atoms with van der Waals surface area (Å²) in [6.45, 7) is 10.3. The van der Waals surface area contributed by atoms with E-state index in [1.165, 1.54) is 11.1 Å². The Morgan fingerprint density at radius 1 is 1.04 bits per heavy atom. The summed E-state index contributed by atoms with van der Waals surface area (Å²) < 4.78 is 5.34. The highest BCUT2D eigenvalue weighted by Gasteiger charge is 2.19. The fourth-order valence-electron chi connectivity index (χ4n) is 2.69. The van der Waals surface area contributed by atoms with E-state index >= 15 is 0 Å². The van der Waals surface area contributed by atoms with Crippen molar-refractivity contribution < 1.29 is 9.32 Å². The lowest BCUT2D eigenvalue weighted by Crippen LogP contribution is -2.27. The first kappa shape index (κ1) is 18.8. The third-order valence-corrected chi connectivity index (χ3v) is 4.48. The molecule has 0 aliphatic heterocycles. The van der Waals surface area contributed by atoms with Crippen LogP contribution in [0.2, 0.25) is 0 Å². The van der Waals surface area contributed by atoms with E-state index in [1.54, 1.807) is 0 Å². The van der Waals surface area contributed by atoms with E-state index in [2.05, 4.69) is 36.2 Å². The zero-order chi connectivity index (χ0) is 19.6. The third-order valence-electron chi connectivity index (χ3n) is 4.48. The van der Waals surface area contributed by atoms with Crippen molar-refractivity contribution in [1.82, 2.24) is 15.5 Å². The summed E-state index contributed by atoms with van der Waals surface area (Å²) in [7, 11) is 0. The highest BCUT2D eigenvalue weighted by atomic mass is 16.5. The van der Waals surface area contributed by atoms with Gasteiger partial charge in [-0.1, -0.05) is 67.9 Å². The van der Waals surface area contributed by atoms with Crippen LogP contribution in [0.5, 0.6) is 0 Å². The molecule has 0 bridgehead atoms. The number of benzene rings is 2. The molecule has 1 aromatic heterocycles. The fourth-order valence-corrected chi connectivity index (χ4v) is 2.69. The number of amides is 1. The lowest BCUT2D eigenvalue weighted by molar-refractivity contribution is 0.0932. The predicted molar refractivity (Wildman–Crippen MR) is 105 cm³/mol. The summed E-state index contributed by atoms with van der Waals surface area (Å²) in [6, 6.07) is 15.2. The van der Waals surface area contributed by atoms with E-state index < -0.39 is 0 Å². The van der Waals surface area contributed by atoms with Crippen LogP contribution in [0.1, 0.15) is 61.1 Å². The molecule has 0 unspecified atom stereocenters. The van der Waals surface area contributed by atoms with Gasteiger partial charge in [-0.25, -0.2) is 0 Å². The first-order valence-corrected chi connectivity index (χ1v) is 9.06. The number of hydrogen-bond acceptors (Lipinski definition) is 4. The average Bonchev–Trinajstić information content (AvgIpc) is 3.12. The Morgan fingerprint density at radius 2 is 1.67 bits per heavy atom. The first-order chi connectivity index (χ1) is 12.7. The molecule has 0 saturated carbocycles. The van der Waals surface area contributed by atoms with Gasteiger partial charge in [0.15, 0.2) is 0 Å². The van der Waals surface area contributed by atoms with E-state index in [4.69, 9.17) is 4.52 Å². The van der Waals surface area contributed by atoms with Crippen LogP contribution in [0, 0.1) is 6.92 Å². The number of aromatic nitrogens is 2. The van der Waals surface area contributed by atoms with Gasteiger partial charge in [0.05, 0.1) is 0 Å². The molecule has 5 nitrogen and oxygen atoms in total. The molecule has 27 heavy (non-hydrogen) atoms. The molecule has 1 heterocycles. The van der Waals surface area contributed by atoms with Gasteiger partial charge in [-0.2, -0.15) is 4.98 Å². The molecule has 1 N–H and O–H groups in total. The molecule has 0 fully saturated rings. The quantitative estimate of drug-likeness (QED) is 0.720. The van der Waals surface area contributed by atoms with Gasteiger partial charge in [0.1, 0.15) is 6.04 Å². The summed E-state index contributed by atoms with van der Waals surface area (Å²) in [5.74, 6) is 0.726. The SMILES string of the molecule is Cc1ccc(-c2noc([C@H](C)NC(=O)c3ccc(C(C)(C)C)cc3)n2)cc1. The first-order valence-electron chi connectivity index (χ1n) is 9.06. The summed E-state index contributed by atoms with van der Waals surface area (Å²) in [4.78, 5) is 16.9. The van der Waals surface area contributed by atoms with Gasteiger partial charge in [-0.15, -0.1) is 0 Å². The Bertz CT molecular complexity index is 919. The number of rotatable bonds is 4. The minimum absolute atomic E-state index is 0.0540. The third kappa shape index (κ3) is 4.42. The second-order valence-electron chi connectivity index (χ2n) is 7.84. The molecular formula is C22H25N3O2. The molecule has 1 atom stereocenters. The second kappa shape index (κ2) is 7.35. The van der Waals surface area contributed by atoms with Gasteiger partial charge in [-0.05, 0) is 37.0 Å². The summed E-state index contributed by atoms with van der Waals surface area (Å²) in [5.41, 5.74) is 3.89. The molecule has 0 radical (unpaired) electrons. The standard InChI is InChI=1S/C22H25N3O2/c1-14-6-8-16(9-7-14)19-24-21(27-25-19)15(2)23-20(26)17-10-12-18(13-11-17)22(3,4)5/h6-13,15H,1-5H3,(H,23,26)/t15-/m0/s1. The topological polar surface area (TPSA) is 68.0 Å². The average molecular weight is 363 g/mol. The Hall–Kier alpha value is -2.95. The van der Waals surface area contributed by atoms with Gasteiger partial charge >= 0.3 is 0 Å². The minimum atomic E-state index is -0.383. The van der Waals surface area contributed by atoms with Crippen molar-refractivity contribution in [2.45, 2.75) is 46.1 Å². The van der Waals surface area contributed by atoms with Gasteiger partial charge in [0, 0.05) is 11.1 Å². The van der Waals surface area contributed by atoms with Crippen molar-refractivity contribution in [3.63, 3.8) is 0 Å². The number of nitrogens with one attached hydrogen (secondary N) is 1. The summed E-state index contributed by atoms with van der Waals surface area (Å²) in [6.07, 6.45) is 0. The molecule has 0 aliphatic rings. The summed E-state index contributed by atoms with van der Waals surface area (Å²) in [5, 5.41) is 6.93. The van der Waals surface area contributed by atoms with E-state index in [9.17, 15) is 4.79 Å². The molecule has 140 valence electrons. The predicted octanol–water partition coefficient (Wildman–Crippen LogP) is 4.83. The number of aryl methyl sites for hydroxylation is 1. The molecule has 0 saturated heterocycles. The molecule has 5 heteroatoms. The number of carbonyl (C=O) groups excluding carboxylic acids is 1. The molecule has 3 rings (SSSR count). The molecular weight excluding hydrogens is 338 g/mol. The van der Waals surface area contributed by atoms with Crippen LogP contribution in [-0.4, -0.2) is 16.0 Å². The van der Waals surface area contributed by atoms with Gasteiger partial charge in [0.25, 0.3) is 5.91 Å². The maximum Gasteiger partial charge on any atom is 0.251 e. The van der Waals surface area contributed by atoms with Gasteiger partial charge < -0.3 is 9.84 Å². The van der Waals surface area contributed by atoms with Crippen LogP contribution < -0.4 is 5.32 Å². The maximum atomic E-state index is 12.5. The Labute approximate surface area is 159 Å². The fraction of sp³-hybridized carbons (Fsp3) is 0.318. The van der Waals surface area contributed by atoms with Crippen molar-refractivity contribution >= 4 is 5.91 Å². The molecule has 0 aliphatic carbocycles. The van der Waals surface area contributed by atoms with Gasteiger partial charge in [0.2, 0.25) is 11.7 Å². The van der Waals surface area contributed by atoms with Crippen molar-refractivity contribution in [2.75, 3.05) is 0 Å². The minimum Gasteiger partial charge on any atom is -0.341 e. The van der Waals surface area contributed by atoms with Crippen LogP contribution in [0.15, 0.2) is 53.1 Å². The number of carbonyl (C=O) groups is 1. The van der Waals surface area contributed by atoms with Crippen molar-refractivity contribution in [2.24, 2.45) is 0 Å². The van der Waals surface area contributed by atoms with Crippen LogP contribution in [0.25, 0.3) is 11.4 Å². The van der Waals surface area contributed by atoms with Crippen molar-refractivity contribution in [3.05, 3.63) is 71.1 Å². The van der Waals surface area contributed by atoms with E-state index in [1.807, 2.05) is 62.4 Å². The Morgan fingerprint density at radius 3 is 2.26 bits per heavy atom.